The summed E-state index contributed by atoms with van der Waals surface area (Å²) < 4.78 is 10.8. The van der Waals surface area contributed by atoms with E-state index in [1.165, 1.54) is 14.0 Å². The van der Waals surface area contributed by atoms with Crippen LogP contribution in [0.1, 0.15) is 33.4 Å². The molecular weight excluding hydrogens is 308 g/mol. The molecular formula is C18H16N2O4. The van der Waals surface area contributed by atoms with E-state index < -0.39 is 0 Å². The quantitative estimate of drug-likeness (QED) is 0.742. The monoisotopic (exact) mass is 324 g/mol. The highest BCUT2D eigenvalue weighted by Crippen LogP contribution is 2.32. The van der Waals surface area contributed by atoms with Gasteiger partial charge in [0.15, 0.2) is 22.9 Å². The van der Waals surface area contributed by atoms with Gasteiger partial charge in [-0.05, 0) is 36.8 Å². The number of amides is 1. The van der Waals surface area contributed by atoms with E-state index in [-0.39, 0.29) is 17.5 Å². The summed E-state index contributed by atoms with van der Waals surface area (Å²) >= 11 is 0. The molecule has 0 saturated carbocycles. The van der Waals surface area contributed by atoms with Gasteiger partial charge in [-0.25, -0.2) is 4.98 Å². The van der Waals surface area contributed by atoms with Crippen LogP contribution in [-0.4, -0.2) is 23.8 Å². The van der Waals surface area contributed by atoms with Crippen molar-refractivity contribution in [2.45, 2.75) is 13.8 Å². The van der Waals surface area contributed by atoms with Crippen LogP contribution >= 0.6 is 0 Å². The molecule has 1 N–H and O–H groups in total. The number of anilines is 1. The Hall–Kier alpha value is -3.15. The molecule has 0 saturated heterocycles. The minimum absolute atomic E-state index is 0.178. The maximum atomic E-state index is 12.6. The molecule has 0 unspecified atom stereocenters. The molecule has 0 aliphatic carbocycles. The first-order chi connectivity index (χ1) is 11.5. The number of rotatable bonds is 4. The maximum absolute atomic E-state index is 12.6. The zero-order valence-corrected chi connectivity index (χ0v) is 13.5. The van der Waals surface area contributed by atoms with Gasteiger partial charge in [-0.2, -0.15) is 0 Å². The summed E-state index contributed by atoms with van der Waals surface area (Å²) in [5.41, 5.74) is 1.60. The average Bonchev–Trinajstić information content (AvgIpc) is 3.01. The van der Waals surface area contributed by atoms with Crippen molar-refractivity contribution < 1.29 is 18.7 Å². The largest absolute Gasteiger partial charge is 0.493 e. The van der Waals surface area contributed by atoms with E-state index in [4.69, 9.17) is 9.15 Å². The number of hydrogen-bond acceptors (Lipinski definition) is 5. The van der Waals surface area contributed by atoms with Crippen LogP contribution in [0.3, 0.4) is 0 Å². The number of aromatic nitrogens is 1. The van der Waals surface area contributed by atoms with Gasteiger partial charge in [-0.3, -0.25) is 9.59 Å². The summed E-state index contributed by atoms with van der Waals surface area (Å²) in [5, 5.41) is 3.30. The van der Waals surface area contributed by atoms with Crippen LogP contribution in [0.4, 0.5) is 5.82 Å². The summed E-state index contributed by atoms with van der Waals surface area (Å²) in [6.45, 7) is 3.26. The third-order valence-electron chi connectivity index (χ3n) is 3.70. The molecule has 3 aromatic rings. The van der Waals surface area contributed by atoms with Crippen molar-refractivity contribution in [1.29, 1.82) is 0 Å². The summed E-state index contributed by atoms with van der Waals surface area (Å²) in [6.07, 6.45) is 1.61. The molecule has 1 aromatic carbocycles. The Morgan fingerprint density at radius 1 is 1.25 bits per heavy atom. The topological polar surface area (TPSA) is 81.4 Å². The molecule has 3 rings (SSSR count). The minimum atomic E-state index is -0.333. The molecule has 0 radical (unpaired) electrons. The lowest BCUT2D eigenvalue weighted by Gasteiger charge is -2.08. The molecule has 2 aromatic heterocycles. The number of methoxy groups -OCH3 is 1. The number of Topliss-reactive ketones (excluding diaryl/α,β-unsaturated/α-hetero) is 1. The van der Waals surface area contributed by atoms with Crippen LogP contribution in [0.15, 0.2) is 40.9 Å². The fraction of sp³-hybridized carbons (Fsp3) is 0.167. The number of furan rings is 1. The standard InChI is InChI=1S/C18H16N2O4/c1-10-5-4-8-19-17(10)20-18(22)12-6-7-14(23-3)16-13(12)9-15(24-16)11(2)21/h4-9H,1-3H3,(H,19,20,22). The minimum Gasteiger partial charge on any atom is -0.493 e. The van der Waals surface area contributed by atoms with Gasteiger partial charge in [0.1, 0.15) is 5.82 Å². The number of carbonyl (C=O) groups excluding carboxylic acids is 2. The highest BCUT2D eigenvalue weighted by Gasteiger charge is 2.19. The SMILES string of the molecule is COc1ccc(C(=O)Nc2ncccc2C)c2cc(C(C)=O)oc12. The van der Waals surface area contributed by atoms with Crippen LogP contribution in [0.2, 0.25) is 0 Å². The Kier molecular flexibility index (Phi) is 4.04. The zero-order chi connectivity index (χ0) is 17.3. The van der Waals surface area contributed by atoms with Gasteiger partial charge < -0.3 is 14.5 Å². The second-order valence-corrected chi connectivity index (χ2v) is 5.35. The van der Waals surface area contributed by atoms with E-state index in [9.17, 15) is 9.59 Å². The predicted molar refractivity (Wildman–Crippen MR) is 89.7 cm³/mol. The first-order valence-corrected chi connectivity index (χ1v) is 7.35. The van der Waals surface area contributed by atoms with Crippen molar-refractivity contribution in [2.24, 2.45) is 0 Å². The van der Waals surface area contributed by atoms with Gasteiger partial charge in [0, 0.05) is 18.5 Å². The molecule has 1 amide bonds. The Labute approximate surface area is 138 Å². The van der Waals surface area contributed by atoms with Gasteiger partial charge in [0.2, 0.25) is 0 Å². The van der Waals surface area contributed by atoms with E-state index in [2.05, 4.69) is 10.3 Å². The molecule has 6 nitrogen and oxygen atoms in total. The molecule has 0 aliphatic heterocycles. The summed E-state index contributed by atoms with van der Waals surface area (Å²) in [5.74, 6) is 0.572. The number of nitrogens with one attached hydrogen (secondary N) is 1. The summed E-state index contributed by atoms with van der Waals surface area (Å²) in [6, 6.07) is 8.48. The van der Waals surface area contributed by atoms with E-state index in [0.29, 0.717) is 28.1 Å². The van der Waals surface area contributed by atoms with Gasteiger partial charge in [0.25, 0.3) is 5.91 Å². The third-order valence-corrected chi connectivity index (χ3v) is 3.70. The fourth-order valence-corrected chi connectivity index (χ4v) is 2.42. The van der Waals surface area contributed by atoms with Crippen molar-refractivity contribution in [1.82, 2.24) is 4.98 Å². The fourth-order valence-electron chi connectivity index (χ4n) is 2.42. The molecule has 122 valence electrons. The van der Waals surface area contributed by atoms with Crippen molar-refractivity contribution in [3.63, 3.8) is 0 Å². The number of benzene rings is 1. The molecule has 2 heterocycles. The number of pyridine rings is 1. The number of ketones is 1. The number of fused-ring (bicyclic) bond motifs is 1. The molecule has 6 heteroatoms. The summed E-state index contributed by atoms with van der Waals surface area (Å²) in [4.78, 5) is 28.4. The average molecular weight is 324 g/mol. The highest BCUT2D eigenvalue weighted by atomic mass is 16.5. The van der Waals surface area contributed by atoms with Crippen molar-refractivity contribution in [3.05, 3.63) is 53.4 Å². The lowest BCUT2D eigenvalue weighted by molar-refractivity contribution is 0.0987. The first-order valence-electron chi connectivity index (χ1n) is 7.35. The molecule has 0 spiro atoms. The van der Waals surface area contributed by atoms with Crippen LogP contribution in [0, 0.1) is 6.92 Å². The predicted octanol–water partition coefficient (Wildman–Crippen LogP) is 3.60. The van der Waals surface area contributed by atoms with Gasteiger partial charge >= 0.3 is 0 Å². The van der Waals surface area contributed by atoms with Crippen molar-refractivity contribution >= 4 is 28.5 Å². The molecule has 24 heavy (non-hydrogen) atoms. The van der Waals surface area contributed by atoms with Crippen molar-refractivity contribution in [2.75, 3.05) is 12.4 Å². The Morgan fingerprint density at radius 2 is 2.04 bits per heavy atom. The van der Waals surface area contributed by atoms with Gasteiger partial charge in [-0.1, -0.05) is 6.07 Å². The number of nitrogens with zero attached hydrogens (tertiary/aromatic N) is 1. The molecule has 0 aliphatic rings. The van der Waals surface area contributed by atoms with Crippen LogP contribution in [0.5, 0.6) is 5.75 Å². The second kappa shape index (κ2) is 6.16. The third kappa shape index (κ3) is 2.74. The Bertz CT molecular complexity index is 943. The smallest absolute Gasteiger partial charge is 0.257 e. The first kappa shape index (κ1) is 15.7. The highest BCUT2D eigenvalue weighted by molar-refractivity contribution is 6.14. The lowest BCUT2D eigenvalue weighted by Crippen LogP contribution is -2.14. The summed E-state index contributed by atoms with van der Waals surface area (Å²) in [7, 11) is 1.50. The van der Waals surface area contributed by atoms with Crippen LogP contribution < -0.4 is 10.1 Å². The molecule has 0 bridgehead atoms. The number of hydrogen-bond donors (Lipinski definition) is 1. The number of aryl methyl sites for hydroxylation is 1. The molecule has 0 fully saturated rings. The normalized spacial score (nSPS) is 10.6. The Balaban J connectivity index is 2.07. The van der Waals surface area contributed by atoms with Crippen molar-refractivity contribution in [3.8, 4) is 5.75 Å². The Morgan fingerprint density at radius 3 is 2.71 bits per heavy atom. The van der Waals surface area contributed by atoms with Gasteiger partial charge in [-0.15, -0.1) is 0 Å². The van der Waals surface area contributed by atoms with Gasteiger partial charge in [0.05, 0.1) is 12.7 Å². The maximum Gasteiger partial charge on any atom is 0.257 e. The van der Waals surface area contributed by atoms with E-state index >= 15 is 0 Å². The molecule has 0 atom stereocenters. The number of ether oxygens (including phenoxy) is 1. The lowest BCUT2D eigenvalue weighted by atomic mass is 10.1. The second-order valence-electron chi connectivity index (χ2n) is 5.35. The van der Waals surface area contributed by atoms with Crippen LogP contribution in [0.25, 0.3) is 11.0 Å². The zero-order valence-electron chi connectivity index (χ0n) is 13.5. The van der Waals surface area contributed by atoms with E-state index in [1.54, 1.807) is 30.5 Å². The van der Waals surface area contributed by atoms with E-state index in [0.717, 1.165) is 5.56 Å². The number of carbonyl (C=O) groups is 2. The van der Waals surface area contributed by atoms with E-state index in [1.807, 2.05) is 13.0 Å². The van der Waals surface area contributed by atoms with Crippen LogP contribution in [-0.2, 0) is 0 Å².